The molecule has 5 heteroatoms. The van der Waals surface area contributed by atoms with E-state index >= 15 is 0 Å². The minimum Gasteiger partial charge on any atom is -0.508 e. The number of carboxylic acid groups (broad SMARTS) is 1. The number of aliphatic hydroxyl groups excluding tert-OH is 3. The van der Waals surface area contributed by atoms with Crippen molar-refractivity contribution in [3.8, 4) is 0 Å². The number of hydrogen-bond donors (Lipinski definition) is 4. The van der Waals surface area contributed by atoms with E-state index in [2.05, 4.69) is 6.92 Å². The molecule has 0 aliphatic carbocycles. The molecule has 0 bridgehead atoms. The van der Waals surface area contributed by atoms with Crippen molar-refractivity contribution in [2.24, 2.45) is 0 Å². The molecule has 0 rings (SSSR count). The van der Waals surface area contributed by atoms with Gasteiger partial charge in [0.2, 0.25) is 0 Å². The maximum atomic E-state index is 10.3. The van der Waals surface area contributed by atoms with Crippen LogP contribution in [0.1, 0.15) is 58.3 Å². The summed E-state index contributed by atoms with van der Waals surface area (Å²) >= 11 is 0. The summed E-state index contributed by atoms with van der Waals surface area (Å²) in [6.07, 6.45) is 19.8. The topological polar surface area (TPSA) is 98.0 Å². The number of carbonyl (C=O) groups is 1. The highest BCUT2D eigenvalue weighted by Crippen LogP contribution is 2.11. The molecule has 0 fully saturated rings. The smallest absolute Gasteiger partial charge is 0.328 e. The van der Waals surface area contributed by atoms with Crippen molar-refractivity contribution in [2.45, 2.75) is 70.5 Å². The molecule has 0 aromatic heterocycles. The van der Waals surface area contributed by atoms with E-state index in [4.69, 9.17) is 5.11 Å². The zero-order valence-corrected chi connectivity index (χ0v) is 16.2. The molecule has 0 radical (unpaired) electrons. The van der Waals surface area contributed by atoms with Crippen molar-refractivity contribution >= 4 is 5.97 Å². The normalized spacial score (nSPS) is 15.4. The van der Waals surface area contributed by atoms with Crippen molar-refractivity contribution in [3.05, 3.63) is 60.4 Å². The minimum absolute atomic E-state index is 0.0160. The maximum absolute atomic E-state index is 10.3. The lowest BCUT2D eigenvalue weighted by atomic mass is 10.0. The molecule has 5 nitrogen and oxygen atoms in total. The second-order valence-corrected chi connectivity index (χ2v) is 6.39. The van der Waals surface area contributed by atoms with Crippen molar-refractivity contribution in [1.29, 1.82) is 0 Å². The summed E-state index contributed by atoms with van der Waals surface area (Å²) in [4.78, 5) is 10.3. The molecule has 0 aromatic carbocycles. The van der Waals surface area contributed by atoms with Gasteiger partial charge in [0.25, 0.3) is 0 Å². The molecule has 0 spiro atoms. The van der Waals surface area contributed by atoms with Crippen LogP contribution in [0.2, 0.25) is 0 Å². The van der Waals surface area contributed by atoms with Crippen molar-refractivity contribution in [3.63, 3.8) is 0 Å². The van der Waals surface area contributed by atoms with Gasteiger partial charge in [0.15, 0.2) is 0 Å². The van der Waals surface area contributed by atoms with Gasteiger partial charge in [0, 0.05) is 6.08 Å². The van der Waals surface area contributed by atoms with E-state index < -0.39 is 18.2 Å². The summed E-state index contributed by atoms with van der Waals surface area (Å²) in [5, 5.41) is 37.8. The van der Waals surface area contributed by atoms with Gasteiger partial charge in [-0.15, -0.1) is 0 Å². The molecule has 0 aliphatic rings. The molecule has 152 valence electrons. The van der Waals surface area contributed by atoms with Crippen LogP contribution in [0.15, 0.2) is 60.4 Å². The van der Waals surface area contributed by atoms with Crippen LogP contribution in [0.3, 0.4) is 0 Å². The predicted octanol–water partition coefficient (Wildman–Crippen LogP) is 4.60. The summed E-state index contributed by atoms with van der Waals surface area (Å²) in [6.45, 7) is 2.19. The number of rotatable bonds is 15. The Hall–Kier alpha value is -2.11. The first-order valence-corrected chi connectivity index (χ1v) is 9.65. The third kappa shape index (κ3) is 17.1. The summed E-state index contributed by atoms with van der Waals surface area (Å²) < 4.78 is 0. The Labute approximate surface area is 162 Å². The first-order chi connectivity index (χ1) is 13.0. The van der Waals surface area contributed by atoms with Crippen LogP contribution in [0.5, 0.6) is 0 Å². The molecule has 0 amide bonds. The third-order valence-electron chi connectivity index (χ3n) is 3.91. The van der Waals surface area contributed by atoms with Crippen LogP contribution in [0, 0.1) is 0 Å². The van der Waals surface area contributed by atoms with E-state index in [0.29, 0.717) is 6.42 Å². The van der Waals surface area contributed by atoms with Gasteiger partial charge < -0.3 is 20.4 Å². The molecule has 0 saturated carbocycles. The second kappa shape index (κ2) is 17.3. The van der Waals surface area contributed by atoms with Crippen LogP contribution >= 0.6 is 0 Å². The highest BCUT2D eigenvalue weighted by molar-refractivity contribution is 5.80. The molecular weight excluding hydrogens is 344 g/mol. The molecule has 0 saturated heterocycles. The lowest BCUT2D eigenvalue weighted by Crippen LogP contribution is -2.23. The molecule has 0 aromatic rings. The van der Waals surface area contributed by atoms with Crippen molar-refractivity contribution < 1.29 is 25.2 Å². The first kappa shape index (κ1) is 24.9. The average Bonchev–Trinajstić information content (AvgIpc) is 2.63. The Bertz CT molecular complexity index is 529. The maximum Gasteiger partial charge on any atom is 0.328 e. The van der Waals surface area contributed by atoms with Gasteiger partial charge in [0.1, 0.15) is 5.76 Å². The van der Waals surface area contributed by atoms with E-state index in [-0.39, 0.29) is 5.76 Å². The van der Waals surface area contributed by atoms with Gasteiger partial charge >= 0.3 is 5.97 Å². The summed E-state index contributed by atoms with van der Waals surface area (Å²) in [7, 11) is 0. The SMILES string of the molecule is CCCCCCCCCC(O)C(O)C=CC=CC(O)=CC=CC=CC(=O)O. The fourth-order valence-electron chi connectivity index (χ4n) is 2.35. The van der Waals surface area contributed by atoms with E-state index in [9.17, 15) is 20.1 Å². The molecule has 0 aliphatic heterocycles. The van der Waals surface area contributed by atoms with Gasteiger partial charge in [-0.3, -0.25) is 0 Å². The fourth-order valence-corrected chi connectivity index (χ4v) is 2.35. The number of allylic oxidation sites excluding steroid dienone is 7. The highest BCUT2D eigenvalue weighted by atomic mass is 16.4. The van der Waals surface area contributed by atoms with Gasteiger partial charge in [-0.2, -0.15) is 0 Å². The third-order valence-corrected chi connectivity index (χ3v) is 3.91. The molecule has 4 N–H and O–H groups in total. The fraction of sp³-hybridized carbons (Fsp3) is 0.500. The first-order valence-electron chi connectivity index (χ1n) is 9.65. The Balaban J connectivity index is 4.04. The van der Waals surface area contributed by atoms with E-state index in [1.54, 1.807) is 12.2 Å². The van der Waals surface area contributed by atoms with Crippen LogP contribution in [-0.4, -0.2) is 38.6 Å². The Morgan fingerprint density at radius 2 is 1.44 bits per heavy atom. The number of aliphatic carboxylic acids is 1. The monoisotopic (exact) mass is 378 g/mol. The highest BCUT2D eigenvalue weighted by Gasteiger charge is 2.11. The zero-order chi connectivity index (χ0) is 20.3. The van der Waals surface area contributed by atoms with E-state index in [1.165, 1.54) is 68.6 Å². The lowest BCUT2D eigenvalue weighted by Gasteiger charge is -2.14. The quantitative estimate of drug-likeness (QED) is 0.144. The van der Waals surface area contributed by atoms with Gasteiger partial charge in [-0.1, -0.05) is 88.3 Å². The van der Waals surface area contributed by atoms with Gasteiger partial charge in [0.05, 0.1) is 12.2 Å². The van der Waals surface area contributed by atoms with E-state index in [0.717, 1.165) is 18.9 Å². The standard InChI is InChI=1S/C22H34O5/c1-2-3-4-5-6-7-10-16-20(24)21(25)17-13-12-15-19(23)14-9-8-11-18-22(26)27/h8-9,11-15,17-18,20-21,23-25H,2-7,10,16H2,1H3,(H,26,27). The minimum atomic E-state index is -1.04. The molecular formula is C22H34O5. The molecule has 27 heavy (non-hydrogen) atoms. The predicted molar refractivity (Wildman–Crippen MR) is 110 cm³/mol. The number of aliphatic hydroxyl groups is 3. The summed E-state index contributed by atoms with van der Waals surface area (Å²) in [6, 6.07) is 0. The summed E-state index contributed by atoms with van der Waals surface area (Å²) in [5.74, 6) is -1.05. The molecule has 0 heterocycles. The van der Waals surface area contributed by atoms with Crippen LogP contribution < -0.4 is 0 Å². The molecule has 2 unspecified atom stereocenters. The molecule has 2 atom stereocenters. The van der Waals surface area contributed by atoms with Crippen LogP contribution in [0.25, 0.3) is 0 Å². The lowest BCUT2D eigenvalue weighted by molar-refractivity contribution is -0.131. The van der Waals surface area contributed by atoms with Crippen molar-refractivity contribution in [2.75, 3.05) is 0 Å². The van der Waals surface area contributed by atoms with Crippen molar-refractivity contribution in [1.82, 2.24) is 0 Å². The largest absolute Gasteiger partial charge is 0.508 e. The van der Waals surface area contributed by atoms with Crippen LogP contribution in [-0.2, 0) is 4.79 Å². The van der Waals surface area contributed by atoms with Crippen LogP contribution in [0.4, 0.5) is 0 Å². The Kier molecular flexibility index (Phi) is 16.0. The zero-order valence-electron chi connectivity index (χ0n) is 16.2. The second-order valence-electron chi connectivity index (χ2n) is 6.39. The Morgan fingerprint density at radius 1 is 0.815 bits per heavy atom. The number of carboxylic acids is 1. The van der Waals surface area contributed by atoms with Gasteiger partial charge in [-0.25, -0.2) is 4.79 Å². The van der Waals surface area contributed by atoms with Gasteiger partial charge in [-0.05, 0) is 18.6 Å². The average molecular weight is 379 g/mol. The number of hydrogen-bond acceptors (Lipinski definition) is 4. The number of unbranched alkanes of at least 4 members (excludes halogenated alkanes) is 6. The Morgan fingerprint density at radius 3 is 2.11 bits per heavy atom. The van der Waals surface area contributed by atoms with E-state index in [1.807, 2.05) is 0 Å². The summed E-state index contributed by atoms with van der Waals surface area (Å²) in [5.41, 5.74) is 0.